The van der Waals surface area contributed by atoms with Crippen LogP contribution in [0.2, 0.25) is 0 Å². The molecule has 3 unspecified atom stereocenters. The van der Waals surface area contributed by atoms with Crippen LogP contribution in [0.3, 0.4) is 0 Å². The smallest absolute Gasteiger partial charge is 0.326 e. The summed E-state index contributed by atoms with van der Waals surface area (Å²) in [7, 11) is -3.65. The minimum Gasteiger partial charge on any atom is -0.480 e. The number of carboxylic acids is 1. The molecule has 3 atom stereocenters. The van der Waals surface area contributed by atoms with Gasteiger partial charge >= 0.3 is 5.97 Å². The zero-order valence-corrected chi connectivity index (χ0v) is 11.9. The van der Waals surface area contributed by atoms with E-state index in [9.17, 15) is 23.1 Å². The van der Waals surface area contributed by atoms with Crippen molar-refractivity contribution in [1.29, 1.82) is 0 Å². The summed E-state index contributed by atoms with van der Waals surface area (Å²) in [5, 5.41) is 14.2. The second kappa shape index (κ2) is 5.87. The average Bonchev–Trinajstić information content (AvgIpc) is 2.56. The van der Waals surface area contributed by atoms with Crippen LogP contribution in [0.4, 0.5) is 0 Å². The van der Waals surface area contributed by atoms with Crippen molar-refractivity contribution in [2.45, 2.75) is 32.7 Å². The first-order valence-electron chi connectivity index (χ1n) is 6.18. The van der Waals surface area contributed by atoms with Crippen LogP contribution in [-0.2, 0) is 19.6 Å². The third kappa shape index (κ3) is 4.17. The van der Waals surface area contributed by atoms with Crippen molar-refractivity contribution in [2.75, 3.05) is 12.3 Å². The van der Waals surface area contributed by atoms with Crippen molar-refractivity contribution in [1.82, 2.24) is 4.90 Å². The van der Waals surface area contributed by atoms with Crippen LogP contribution in [0.5, 0.6) is 0 Å². The van der Waals surface area contributed by atoms with E-state index in [0.29, 0.717) is 6.42 Å². The first kappa shape index (κ1) is 15.9. The first-order valence-corrected chi connectivity index (χ1v) is 7.90. The van der Waals surface area contributed by atoms with E-state index in [1.807, 2.05) is 6.92 Å². The lowest BCUT2D eigenvalue weighted by molar-refractivity contribution is -0.150. The number of carbonyl (C=O) groups excluding carboxylic acids is 1. The van der Waals surface area contributed by atoms with Crippen LogP contribution in [0.1, 0.15) is 26.7 Å². The number of sulfonamides is 1. The van der Waals surface area contributed by atoms with Crippen LogP contribution in [-0.4, -0.2) is 48.6 Å². The largest absolute Gasteiger partial charge is 0.480 e. The van der Waals surface area contributed by atoms with Gasteiger partial charge in [0.1, 0.15) is 6.04 Å². The van der Waals surface area contributed by atoms with Gasteiger partial charge in [-0.3, -0.25) is 4.79 Å². The number of amides is 1. The van der Waals surface area contributed by atoms with Gasteiger partial charge in [0.15, 0.2) is 0 Å². The van der Waals surface area contributed by atoms with Gasteiger partial charge in [-0.25, -0.2) is 18.4 Å². The van der Waals surface area contributed by atoms with E-state index in [2.05, 4.69) is 0 Å². The van der Waals surface area contributed by atoms with Crippen molar-refractivity contribution in [3.05, 3.63) is 0 Å². The van der Waals surface area contributed by atoms with E-state index in [4.69, 9.17) is 5.14 Å². The van der Waals surface area contributed by atoms with Crippen LogP contribution in [0.25, 0.3) is 0 Å². The van der Waals surface area contributed by atoms with E-state index >= 15 is 0 Å². The van der Waals surface area contributed by atoms with Gasteiger partial charge in [-0.1, -0.05) is 20.3 Å². The van der Waals surface area contributed by atoms with Gasteiger partial charge in [0.2, 0.25) is 15.9 Å². The molecule has 0 saturated carbocycles. The van der Waals surface area contributed by atoms with E-state index in [1.165, 1.54) is 4.90 Å². The Balaban J connectivity index is 2.84. The minimum absolute atomic E-state index is 0.0383. The number of likely N-dealkylation sites (tertiary alicyclic amines) is 1. The second-order valence-corrected chi connectivity index (χ2v) is 6.77. The molecule has 0 aliphatic carbocycles. The molecule has 1 amide bonds. The summed E-state index contributed by atoms with van der Waals surface area (Å²) in [6.07, 6.45) is 0.664. The number of nitrogens with zero attached hydrogens (tertiary/aromatic N) is 1. The van der Waals surface area contributed by atoms with Gasteiger partial charge in [-0.2, -0.15) is 0 Å². The molecule has 0 aromatic carbocycles. The van der Waals surface area contributed by atoms with Crippen molar-refractivity contribution >= 4 is 21.9 Å². The van der Waals surface area contributed by atoms with Gasteiger partial charge in [-0.15, -0.1) is 0 Å². The van der Waals surface area contributed by atoms with Crippen molar-refractivity contribution in [3.8, 4) is 0 Å². The number of rotatable bonds is 6. The molecule has 0 aromatic rings. The number of hydrogen-bond donors (Lipinski definition) is 2. The molecular weight excluding hydrogens is 272 g/mol. The van der Waals surface area contributed by atoms with Gasteiger partial charge in [-0.05, 0) is 5.92 Å². The molecule has 0 bridgehead atoms. The Morgan fingerprint density at radius 3 is 2.58 bits per heavy atom. The molecule has 7 nitrogen and oxygen atoms in total. The number of carbonyl (C=O) groups is 2. The number of hydrogen-bond acceptors (Lipinski definition) is 4. The van der Waals surface area contributed by atoms with E-state index in [0.717, 1.165) is 0 Å². The Kier molecular flexibility index (Phi) is 4.92. The van der Waals surface area contributed by atoms with Crippen molar-refractivity contribution in [3.63, 3.8) is 0 Å². The maximum absolute atomic E-state index is 11.9. The molecule has 0 spiro atoms. The Morgan fingerprint density at radius 2 is 2.16 bits per heavy atom. The second-order valence-electron chi connectivity index (χ2n) is 5.11. The monoisotopic (exact) mass is 292 g/mol. The molecule has 1 aliphatic heterocycles. The zero-order valence-electron chi connectivity index (χ0n) is 11.1. The number of nitrogens with two attached hydrogens (primary N) is 1. The average molecular weight is 292 g/mol. The van der Waals surface area contributed by atoms with E-state index in [1.54, 1.807) is 6.92 Å². The summed E-state index contributed by atoms with van der Waals surface area (Å²) in [6, 6.07) is -0.900. The minimum atomic E-state index is -3.65. The van der Waals surface area contributed by atoms with Crippen LogP contribution < -0.4 is 5.14 Å². The molecule has 0 aromatic heterocycles. The van der Waals surface area contributed by atoms with E-state index in [-0.39, 0.29) is 30.5 Å². The van der Waals surface area contributed by atoms with Gasteiger partial charge < -0.3 is 10.0 Å². The maximum atomic E-state index is 11.9. The molecule has 1 rings (SSSR count). The lowest BCUT2D eigenvalue weighted by Gasteiger charge is -2.29. The fourth-order valence-corrected chi connectivity index (χ4v) is 3.31. The van der Waals surface area contributed by atoms with Crippen LogP contribution in [0.15, 0.2) is 0 Å². The number of primary sulfonamides is 1. The standard InChI is InChI=1S/C11H20N2O5S/c1-3-7(2)10(11(15)16)13-5-8(4-9(13)14)6-19(12,17)18/h7-8,10H,3-6H2,1-2H3,(H,15,16)(H2,12,17,18). The zero-order chi connectivity index (χ0) is 14.8. The molecular formula is C11H20N2O5S. The Hall–Kier alpha value is -1.15. The molecule has 1 aliphatic rings. The highest BCUT2D eigenvalue weighted by atomic mass is 32.2. The normalized spacial score (nSPS) is 23.4. The molecule has 1 heterocycles. The quantitative estimate of drug-likeness (QED) is 0.692. The van der Waals surface area contributed by atoms with Crippen LogP contribution >= 0.6 is 0 Å². The highest BCUT2D eigenvalue weighted by molar-refractivity contribution is 7.89. The maximum Gasteiger partial charge on any atom is 0.326 e. The molecule has 19 heavy (non-hydrogen) atoms. The molecule has 8 heteroatoms. The highest BCUT2D eigenvalue weighted by Gasteiger charge is 2.40. The number of carboxylic acid groups (broad SMARTS) is 1. The molecule has 1 saturated heterocycles. The Labute approximate surface area is 112 Å². The topological polar surface area (TPSA) is 118 Å². The predicted octanol–water partition coefficient (Wildman–Crippen LogP) is -0.377. The fraction of sp³-hybridized carbons (Fsp3) is 0.818. The molecule has 0 radical (unpaired) electrons. The molecule has 1 fully saturated rings. The summed E-state index contributed by atoms with van der Waals surface area (Å²) < 4.78 is 22.1. The third-order valence-corrected chi connectivity index (χ3v) is 4.41. The highest BCUT2D eigenvalue weighted by Crippen LogP contribution is 2.25. The van der Waals surface area contributed by atoms with Crippen molar-refractivity contribution < 1.29 is 23.1 Å². The third-order valence-electron chi connectivity index (χ3n) is 3.48. The lowest BCUT2D eigenvalue weighted by Crippen LogP contribution is -2.46. The number of aliphatic carboxylic acids is 1. The van der Waals surface area contributed by atoms with Gasteiger partial charge in [0.05, 0.1) is 5.75 Å². The van der Waals surface area contributed by atoms with Crippen LogP contribution in [0, 0.1) is 11.8 Å². The first-order chi connectivity index (χ1) is 8.65. The Morgan fingerprint density at radius 1 is 1.58 bits per heavy atom. The van der Waals surface area contributed by atoms with Gasteiger partial charge in [0.25, 0.3) is 0 Å². The summed E-state index contributed by atoms with van der Waals surface area (Å²) in [4.78, 5) is 24.4. The summed E-state index contributed by atoms with van der Waals surface area (Å²) in [5.74, 6) is -2.27. The van der Waals surface area contributed by atoms with E-state index < -0.39 is 28.0 Å². The summed E-state index contributed by atoms with van der Waals surface area (Å²) in [5.41, 5.74) is 0. The summed E-state index contributed by atoms with van der Waals surface area (Å²) in [6.45, 7) is 3.75. The van der Waals surface area contributed by atoms with Crippen molar-refractivity contribution in [2.24, 2.45) is 17.0 Å². The predicted molar refractivity (Wildman–Crippen MR) is 68.7 cm³/mol. The van der Waals surface area contributed by atoms with Gasteiger partial charge in [0, 0.05) is 18.9 Å². The summed E-state index contributed by atoms with van der Waals surface area (Å²) >= 11 is 0. The Bertz CT molecular complexity index is 462. The molecule has 110 valence electrons. The molecule has 3 N–H and O–H groups in total. The SMILES string of the molecule is CCC(C)C(C(=O)O)N1CC(CS(N)(=O)=O)CC1=O. The lowest BCUT2D eigenvalue weighted by atomic mass is 9.98. The fourth-order valence-electron chi connectivity index (χ4n) is 2.42.